The summed E-state index contributed by atoms with van der Waals surface area (Å²) in [6, 6.07) is 5.02. The van der Waals surface area contributed by atoms with Gasteiger partial charge in [-0.3, -0.25) is 4.90 Å². The van der Waals surface area contributed by atoms with E-state index in [9.17, 15) is 4.39 Å². The van der Waals surface area contributed by atoms with E-state index in [0.717, 1.165) is 30.6 Å². The molecule has 0 fully saturated rings. The van der Waals surface area contributed by atoms with Gasteiger partial charge in [0, 0.05) is 20.2 Å². The molecule has 0 saturated heterocycles. The maximum atomic E-state index is 13.2. The number of fused-ring (bicyclic) bond motifs is 1. The van der Waals surface area contributed by atoms with Crippen LogP contribution in [0.1, 0.15) is 35.8 Å². The first kappa shape index (κ1) is 14.2. The van der Waals surface area contributed by atoms with Crippen LogP contribution in [0.2, 0.25) is 0 Å². The van der Waals surface area contributed by atoms with E-state index in [4.69, 9.17) is 9.26 Å². The largest absolute Gasteiger partial charge is 0.377 e. The van der Waals surface area contributed by atoms with Crippen LogP contribution in [0.15, 0.2) is 22.7 Å². The fraction of sp³-hybridized carbons (Fsp3) is 0.467. The third-order valence-electron chi connectivity index (χ3n) is 3.87. The van der Waals surface area contributed by atoms with E-state index in [-0.39, 0.29) is 11.9 Å². The van der Waals surface area contributed by atoms with E-state index in [1.54, 1.807) is 13.2 Å². The Labute approximate surface area is 122 Å². The summed E-state index contributed by atoms with van der Waals surface area (Å²) in [7, 11) is 1.60. The van der Waals surface area contributed by atoms with E-state index in [1.165, 1.54) is 6.07 Å². The van der Waals surface area contributed by atoms with Gasteiger partial charge in [0.1, 0.15) is 12.4 Å². The molecular weight excluding hydrogens is 273 g/mol. The van der Waals surface area contributed by atoms with Crippen LogP contribution in [0, 0.1) is 5.82 Å². The van der Waals surface area contributed by atoms with Crippen molar-refractivity contribution in [1.82, 2.24) is 15.0 Å². The lowest BCUT2D eigenvalue weighted by Crippen LogP contribution is -2.33. The summed E-state index contributed by atoms with van der Waals surface area (Å²) in [6.45, 7) is 4.00. The lowest BCUT2D eigenvalue weighted by molar-refractivity contribution is 0.156. The van der Waals surface area contributed by atoms with Gasteiger partial charge in [0.05, 0.1) is 6.04 Å². The fourth-order valence-corrected chi connectivity index (χ4v) is 2.66. The fourth-order valence-electron chi connectivity index (χ4n) is 2.66. The van der Waals surface area contributed by atoms with Gasteiger partial charge in [0.25, 0.3) is 0 Å². The number of methoxy groups -OCH3 is 1. The second-order valence-electron chi connectivity index (χ2n) is 5.29. The number of halogens is 1. The molecule has 2 heterocycles. The Morgan fingerprint density at radius 3 is 3.10 bits per heavy atom. The van der Waals surface area contributed by atoms with E-state index < -0.39 is 0 Å². The molecule has 0 saturated carbocycles. The summed E-state index contributed by atoms with van der Waals surface area (Å²) in [5, 5.41) is 3.89. The molecule has 1 aliphatic rings. The lowest BCUT2D eigenvalue weighted by Gasteiger charge is -2.31. The zero-order chi connectivity index (χ0) is 14.8. The lowest BCUT2D eigenvalue weighted by atomic mass is 9.98. The van der Waals surface area contributed by atoms with Gasteiger partial charge in [-0.15, -0.1) is 0 Å². The van der Waals surface area contributed by atoms with Crippen molar-refractivity contribution in [1.29, 1.82) is 0 Å². The van der Waals surface area contributed by atoms with E-state index >= 15 is 0 Å². The molecule has 0 aliphatic carbocycles. The number of rotatable bonds is 4. The summed E-state index contributed by atoms with van der Waals surface area (Å²) in [5.41, 5.74) is 2.25. The van der Waals surface area contributed by atoms with Crippen molar-refractivity contribution in [2.45, 2.75) is 32.5 Å². The third-order valence-corrected chi connectivity index (χ3v) is 3.87. The highest BCUT2D eigenvalue weighted by Gasteiger charge is 2.25. The highest BCUT2D eigenvalue weighted by Crippen LogP contribution is 2.27. The van der Waals surface area contributed by atoms with Gasteiger partial charge in [0.15, 0.2) is 5.82 Å². The molecule has 1 aromatic carbocycles. The van der Waals surface area contributed by atoms with Crippen LogP contribution in [0.25, 0.3) is 0 Å². The topological polar surface area (TPSA) is 51.4 Å². The van der Waals surface area contributed by atoms with Gasteiger partial charge >= 0.3 is 0 Å². The van der Waals surface area contributed by atoms with Gasteiger partial charge in [-0.1, -0.05) is 11.2 Å². The Morgan fingerprint density at radius 1 is 1.43 bits per heavy atom. The Hall–Kier alpha value is -1.79. The second-order valence-corrected chi connectivity index (χ2v) is 5.29. The van der Waals surface area contributed by atoms with Gasteiger partial charge in [-0.2, -0.15) is 4.98 Å². The minimum absolute atomic E-state index is 0.0290. The second kappa shape index (κ2) is 5.91. The van der Waals surface area contributed by atoms with Crippen LogP contribution in [0.3, 0.4) is 0 Å². The molecule has 5 nitrogen and oxygen atoms in total. The van der Waals surface area contributed by atoms with Crippen LogP contribution < -0.4 is 0 Å². The first-order valence-corrected chi connectivity index (χ1v) is 7.00. The average Bonchev–Trinajstić information content (AvgIpc) is 2.95. The SMILES string of the molecule is COCc1noc([C@@H](C)N2CCc3cc(F)ccc3C2)n1. The molecule has 0 radical (unpaired) electrons. The van der Waals surface area contributed by atoms with Crippen LogP contribution >= 0.6 is 0 Å². The van der Waals surface area contributed by atoms with E-state index in [2.05, 4.69) is 15.0 Å². The van der Waals surface area contributed by atoms with Gasteiger partial charge < -0.3 is 9.26 Å². The Balaban J connectivity index is 1.73. The summed E-state index contributed by atoms with van der Waals surface area (Å²) < 4.78 is 23.5. The molecule has 0 unspecified atom stereocenters. The molecule has 0 spiro atoms. The molecule has 0 amide bonds. The van der Waals surface area contributed by atoms with Gasteiger partial charge in [-0.05, 0) is 36.6 Å². The number of hydrogen-bond acceptors (Lipinski definition) is 5. The molecule has 6 heteroatoms. The van der Waals surface area contributed by atoms with Crippen molar-refractivity contribution in [3.63, 3.8) is 0 Å². The first-order chi connectivity index (χ1) is 10.2. The van der Waals surface area contributed by atoms with E-state index in [1.807, 2.05) is 13.0 Å². The van der Waals surface area contributed by atoms with Crippen LogP contribution in [0.4, 0.5) is 4.39 Å². The zero-order valence-electron chi connectivity index (χ0n) is 12.2. The maximum Gasteiger partial charge on any atom is 0.243 e. The third kappa shape index (κ3) is 2.96. The highest BCUT2D eigenvalue weighted by atomic mass is 19.1. The molecule has 1 atom stereocenters. The number of ether oxygens (including phenoxy) is 1. The number of nitrogens with zero attached hydrogens (tertiary/aromatic N) is 3. The predicted octanol–water partition coefficient (Wildman–Crippen LogP) is 2.47. The smallest absolute Gasteiger partial charge is 0.243 e. The Morgan fingerprint density at radius 2 is 2.29 bits per heavy atom. The number of aromatic nitrogens is 2. The van der Waals surface area contributed by atoms with Crippen LogP contribution in [0.5, 0.6) is 0 Å². The average molecular weight is 291 g/mol. The normalized spacial score (nSPS) is 16.7. The summed E-state index contributed by atoms with van der Waals surface area (Å²) in [6.07, 6.45) is 0.830. The molecule has 112 valence electrons. The summed E-state index contributed by atoms with van der Waals surface area (Å²) in [5.74, 6) is 0.975. The predicted molar refractivity (Wildman–Crippen MR) is 73.9 cm³/mol. The number of benzene rings is 1. The minimum atomic E-state index is -0.170. The van der Waals surface area contributed by atoms with Crippen molar-refractivity contribution >= 4 is 0 Å². The van der Waals surface area contributed by atoms with Crippen molar-refractivity contribution in [3.05, 3.63) is 46.9 Å². The molecular formula is C15H18FN3O2. The maximum absolute atomic E-state index is 13.2. The molecule has 1 aliphatic heterocycles. The van der Waals surface area contributed by atoms with Crippen molar-refractivity contribution in [2.75, 3.05) is 13.7 Å². The summed E-state index contributed by atoms with van der Waals surface area (Å²) >= 11 is 0. The van der Waals surface area contributed by atoms with Crippen molar-refractivity contribution in [3.8, 4) is 0 Å². The molecule has 21 heavy (non-hydrogen) atoms. The van der Waals surface area contributed by atoms with Crippen LogP contribution in [-0.4, -0.2) is 28.7 Å². The molecule has 2 aromatic rings. The molecule has 0 bridgehead atoms. The molecule has 3 rings (SSSR count). The van der Waals surface area contributed by atoms with Gasteiger partial charge in [-0.25, -0.2) is 4.39 Å². The van der Waals surface area contributed by atoms with Crippen LogP contribution in [-0.2, 0) is 24.3 Å². The quantitative estimate of drug-likeness (QED) is 0.866. The Bertz CT molecular complexity index is 629. The minimum Gasteiger partial charge on any atom is -0.377 e. The van der Waals surface area contributed by atoms with E-state index in [0.29, 0.717) is 18.3 Å². The Kier molecular flexibility index (Phi) is 3.98. The number of hydrogen-bond donors (Lipinski definition) is 0. The summed E-state index contributed by atoms with van der Waals surface area (Å²) in [4.78, 5) is 6.60. The highest BCUT2D eigenvalue weighted by molar-refractivity contribution is 5.30. The first-order valence-electron chi connectivity index (χ1n) is 7.00. The van der Waals surface area contributed by atoms with Crippen molar-refractivity contribution < 1.29 is 13.7 Å². The van der Waals surface area contributed by atoms with Crippen molar-refractivity contribution in [2.24, 2.45) is 0 Å². The standard InChI is InChI=1S/C15H18FN3O2/c1-10(15-17-14(9-20-2)18-21-15)19-6-5-11-7-13(16)4-3-12(11)8-19/h3-4,7,10H,5-6,8-9H2,1-2H3/t10-/m1/s1. The molecule has 1 aromatic heterocycles. The monoisotopic (exact) mass is 291 g/mol. The zero-order valence-corrected chi connectivity index (χ0v) is 12.2. The molecule has 0 N–H and O–H groups in total. The van der Waals surface area contributed by atoms with Gasteiger partial charge in [0.2, 0.25) is 5.89 Å².